The quantitative estimate of drug-likeness (QED) is 0.339. The fourth-order valence-electron chi connectivity index (χ4n) is 5.28. The maximum Gasteiger partial charge on any atom is 0.0652 e. The Balaban J connectivity index is 1.34. The Bertz CT molecular complexity index is 1270. The van der Waals surface area contributed by atoms with Crippen LogP contribution in [0, 0.1) is 0 Å². The van der Waals surface area contributed by atoms with Crippen LogP contribution >= 0.6 is 0 Å². The summed E-state index contributed by atoms with van der Waals surface area (Å²) < 4.78 is 0. The lowest BCUT2D eigenvalue weighted by Gasteiger charge is -2.37. The first-order valence-electron chi connectivity index (χ1n) is 11.4. The normalized spacial score (nSPS) is 13.9. The molecule has 2 heterocycles. The third-order valence-corrected chi connectivity index (χ3v) is 7.14. The summed E-state index contributed by atoms with van der Waals surface area (Å²) in [4.78, 5) is 9.19. The summed E-state index contributed by atoms with van der Waals surface area (Å²) in [6.45, 7) is 0. The molecule has 0 radical (unpaired) electrons. The van der Waals surface area contributed by atoms with Gasteiger partial charge >= 0.3 is 0 Å². The van der Waals surface area contributed by atoms with E-state index in [1.807, 2.05) is 0 Å². The summed E-state index contributed by atoms with van der Waals surface area (Å²) in [6, 6.07) is 30.9. The third kappa shape index (κ3) is 2.98. The van der Waals surface area contributed by atoms with Crippen LogP contribution in [0.3, 0.4) is 0 Å². The van der Waals surface area contributed by atoms with E-state index >= 15 is 0 Å². The van der Waals surface area contributed by atoms with Crippen molar-refractivity contribution in [3.8, 4) is 0 Å². The van der Waals surface area contributed by atoms with Gasteiger partial charge in [-0.1, -0.05) is 36.4 Å². The highest BCUT2D eigenvalue weighted by Gasteiger charge is 2.25. The highest BCUT2D eigenvalue weighted by Crippen LogP contribution is 2.48. The van der Waals surface area contributed by atoms with Crippen LogP contribution in [0.5, 0.6) is 0 Å². The minimum atomic E-state index is 0.902. The minimum absolute atomic E-state index is 0.902. The zero-order valence-corrected chi connectivity index (χ0v) is 19.6. The Morgan fingerprint density at radius 2 is 0.697 bits per heavy atom. The van der Waals surface area contributed by atoms with Crippen molar-refractivity contribution in [3.63, 3.8) is 0 Å². The SMILES string of the molecule is CN1c2ccccc2N(C)c2cc(Cc3ccc4c(c3)N(C)c3ccccc3N4C)ccc21. The predicted molar refractivity (Wildman–Crippen MR) is 141 cm³/mol. The molecule has 0 saturated heterocycles. The van der Waals surface area contributed by atoms with Gasteiger partial charge in [0.25, 0.3) is 0 Å². The first-order valence-corrected chi connectivity index (χ1v) is 11.4. The van der Waals surface area contributed by atoms with Crippen molar-refractivity contribution in [3.05, 3.63) is 96.1 Å². The number of hydrogen-bond acceptors (Lipinski definition) is 4. The van der Waals surface area contributed by atoms with Gasteiger partial charge < -0.3 is 19.6 Å². The van der Waals surface area contributed by atoms with Gasteiger partial charge in [-0.25, -0.2) is 0 Å². The van der Waals surface area contributed by atoms with E-state index in [9.17, 15) is 0 Å². The van der Waals surface area contributed by atoms with Crippen molar-refractivity contribution in [2.24, 2.45) is 0 Å². The molecule has 6 rings (SSSR count). The molecule has 4 aromatic rings. The topological polar surface area (TPSA) is 13.0 Å². The Kier molecular flexibility index (Phi) is 4.37. The van der Waals surface area contributed by atoms with Crippen LogP contribution < -0.4 is 19.6 Å². The first-order chi connectivity index (χ1) is 16.0. The Morgan fingerprint density at radius 3 is 1.06 bits per heavy atom. The number of rotatable bonds is 2. The molecule has 4 aromatic carbocycles. The van der Waals surface area contributed by atoms with Crippen molar-refractivity contribution in [1.82, 2.24) is 0 Å². The van der Waals surface area contributed by atoms with Gasteiger partial charge in [0.1, 0.15) is 0 Å². The molecule has 0 aliphatic carbocycles. The van der Waals surface area contributed by atoms with Gasteiger partial charge in [0.2, 0.25) is 0 Å². The van der Waals surface area contributed by atoms with Gasteiger partial charge in [-0.15, -0.1) is 0 Å². The van der Waals surface area contributed by atoms with Crippen LogP contribution in [-0.2, 0) is 6.42 Å². The van der Waals surface area contributed by atoms with E-state index in [1.54, 1.807) is 0 Å². The molecule has 0 fully saturated rings. The molecule has 0 bridgehead atoms. The molecule has 0 amide bonds. The number of para-hydroxylation sites is 4. The molecular weight excluding hydrogens is 404 g/mol. The number of benzene rings is 4. The highest BCUT2D eigenvalue weighted by atomic mass is 15.2. The van der Waals surface area contributed by atoms with Gasteiger partial charge in [0.05, 0.1) is 45.5 Å². The van der Waals surface area contributed by atoms with Crippen LogP contribution in [0.25, 0.3) is 0 Å². The monoisotopic (exact) mass is 432 g/mol. The largest absolute Gasteiger partial charge is 0.341 e. The van der Waals surface area contributed by atoms with E-state index in [0.717, 1.165) is 6.42 Å². The Hall–Kier alpha value is -3.92. The summed E-state index contributed by atoms with van der Waals surface area (Å²) in [6.07, 6.45) is 0.902. The second-order valence-electron chi connectivity index (χ2n) is 9.04. The number of hydrogen-bond donors (Lipinski definition) is 0. The molecule has 164 valence electrons. The fourth-order valence-corrected chi connectivity index (χ4v) is 5.28. The number of nitrogens with zero attached hydrogens (tertiary/aromatic N) is 4. The van der Waals surface area contributed by atoms with Crippen LogP contribution in [0.15, 0.2) is 84.9 Å². The molecule has 0 N–H and O–H groups in total. The second kappa shape index (κ2) is 7.31. The first kappa shape index (κ1) is 19.7. The van der Waals surface area contributed by atoms with Gasteiger partial charge in [-0.05, 0) is 66.1 Å². The summed E-state index contributed by atoms with van der Waals surface area (Å²) >= 11 is 0. The van der Waals surface area contributed by atoms with Crippen LogP contribution in [0.1, 0.15) is 11.1 Å². The highest BCUT2D eigenvalue weighted by molar-refractivity contribution is 5.94. The molecular formula is C29H28N4. The zero-order valence-electron chi connectivity index (χ0n) is 19.6. The van der Waals surface area contributed by atoms with Crippen LogP contribution in [0.4, 0.5) is 45.5 Å². The van der Waals surface area contributed by atoms with Crippen molar-refractivity contribution < 1.29 is 0 Å². The summed E-state index contributed by atoms with van der Waals surface area (Å²) in [5.74, 6) is 0. The zero-order chi connectivity index (χ0) is 22.7. The van der Waals surface area contributed by atoms with E-state index in [1.165, 1.54) is 56.6 Å². The molecule has 4 nitrogen and oxygen atoms in total. The number of anilines is 8. The predicted octanol–water partition coefficient (Wildman–Crippen LogP) is 6.98. The molecule has 2 aliphatic heterocycles. The smallest absolute Gasteiger partial charge is 0.0652 e. The fraction of sp³-hybridized carbons (Fsp3) is 0.172. The molecule has 0 aromatic heterocycles. The average Bonchev–Trinajstić information content (AvgIpc) is 2.86. The molecule has 0 atom stereocenters. The molecule has 2 aliphatic rings. The van der Waals surface area contributed by atoms with Gasteiger partial charge in [0.15, 0.2) is 0 Å². The van der Waals surface area contributed by atoms with E-state index in [-0.39, 0.29) is 0 Å². The third-order valence-electron chi connectivity index (χ3n) is 7.14. The van der Waals surface area contributed by atoms with Crippen molar-refractivity contribution in [1.29, 1.82) is 0 Å². The molecule has 0 spiro atoms. The van der Waals surface area contributed by atoms with E-state index in [0.29, 0.717) is 0 Å². The summed E-state index contributed by atoms with van der Waals surface area (Å²) in [5, 5.41) is 0. The molecule has 33 heavy (non-hydrogen) atoms. The molecule has 0 saturated carbocycles. The number of fused-ring (bicyclic) bond motifs is 4. The molecule has 0 unspecified atom stereocenters. The minimum Gasteiger partial charge on any atom is -0.341 e. The lowest BCUT2D eigenvalue weighted by Crippen LogP contribution is -2.24. The van der Waals surface area contributed by atoms with E-state index in [4.69, 9.17) is 0 Å². The Labute approximate surface area is 195 Å². The van der Waals surface area contributed by atoms with Crippen molar-refractivity contribution >= 4 is 45.5 Å². The lowest BCUT2D eigenvalue weighted by molar-refractivity contribution is 1.07. The summed E-state index contributed by atoms with van der Waals surface area (Å²) in [5.41, 5.74) is 12.6. The van der Waals surface area contributed by atoms with Gasteiger partial charge in [0, 0.05) is 28.2 Å². The second-order valence-corrected chi connectivity index (χ2v) is 9.04. The standard InChI is InChI=1S/C29H28N4/c1-30-22-9-5-7-11-24(22)32(3)28-18-20(13-15-26(28)30)17-21-14-16-27-29(19-21)33(4)25-12-8-6-10-23(25)31(27)2/h5-16,18-19H,17H2,1-4H3. The van der Waals surface area contributed by atoms with E-state index in [2.05, 4.69) is 133 Å². The van der Waals surface area contributed by atoms with E-state index < -0.39 is 0 Å². The summed E-state index contributed by atoms with van der Waals surface area (Å²) in [7, 11) is 8.63. The maximum absolute atomic E-state index is 2.34. The van der Waals surface area contributed by atoms with Crippen LogP contribution in [-0.4, -0.2) is 28.2 Å². The van der Waals surface area contributed by atoms with Gasteiger partial charge in [-0.3, -0.25) is 0 Å². The van der Waals surface area contributed by atoms with Crippen molar-refractivity contribution in [2.75, 3.05) is 47.8 Å². The lowest BCUT2D eigenvalue weighted by atomic mass is 9.99. The maximum atomic E-state index is 2.34. The Morgan fingerprint density at radius 1 is 0.394 bits per heavy atom. The molecule has 4 heteroatoms. The average molecular weight is 433 g/mol. The van der Waals surface area contributed by atoms with Crippen molar-refractivity contribution in [2.45, 2.75) is 6.42 Å². The van der Waals surface area contributed by atoms with Gasteiger partial charge in [-0.2, -0.15) is 0 Å². The van der Waals surface area contributed by atoms with Crippen LogP contribution in [0.2, 0.25) is 0 Å².